The summed E-state index contributed by atoms with van der Waals surface area (Å²) >= 11 is 0. The molecule has 1 amide bonds. The van der Waals surface area contributed by atoms with Crippen molar-refractivity contribution in [3.05, 3.63) is 35.9 Å². The molecular formula is C18H26N2O4. The average Bonchev–Trinajstić information content (AvgIpc) is 2.59. The van der Waals surface area contributed by atoms with Gasteiger partial charge < -0.3 is 15.2 Å². The summed E-state index contributed by atoms with van der Waals surface area (Å²) in [6.07, 6.45) is 3.39. The Balaban J connectivity index is 1.89. The number of aliphatic carboxylic acids is 1. The molecule has 0 unspecified atom stereocenters. The number of ether oxygens (including phenoxy) is 1. The summed E-state index contributed by atoms with van der Waals surface area (Å²) in [6, 6.07) is 9.51. The third-order valence-electron chi connectivity index (χ3n) is 4.46. The van der Waals surface area contributed by atoms with E-state index in [1.807, 2.05) is 42.2 Å². The van der Waals surface area contributed by atoms with Crippen LogP contribution in [-0.4, -0.2) is 47.2 Å². The summed E-state index contributed by atoms with van der Waals surface area (Å²) in [5.74, 6) is -0.840. The van der Waals surface area contributed by atoms with Gasteiger partial charge in [0.15, 0.2) is 0 Å². The minimum Gasteiger partial charge on any atom is -0.480 e. The summed E-state index contributed by atoms with van der Waals surface area (Å²) in [5, 5.41) is 12.0. The van der Waals surface area contributed by atoms with Crippen molar-refractivity contribution in [3.63, 3.8) is 0 Å². The zero-order chi connectivity index (χ0) is 17.4. The van der Waals surface area contributed by atoms with E-state index < -0.39 is 12.1 Å². The van der Waals surface area contributed by atoms with Gasteiger partial charge in [-0.3, -0.25) is 9.69 Å². The third kappa shape index (κ3) is 5.53. The summed E-state index contributed by atoms with van der Waals surface area (Å²) in [5.41, 5.74) is 0.939. The van der Waals surface area contributed by atoms with Crippen LogP contribution >= 0.6 is 0 Å². The van der Waals surface area contributed by atoms with E-state index in [1.165, 1.54) is 0 Å². The summed E-state index contributed by atoms with van der Waals surface area (Å²) in [4.78, 5) is 25.1. The molecule has 1 aromatic rings. The van der Waals surface area contributed by atoms with Crippen LogP contribution in [0.1, 0.15) is 38.2 Å². The van der Waals surface area contributed by atoms with Gasteiger partial charge in [-0.25, -0.2) is 4.79 Å². The van der Waals surface area contributed by atoms with Crippen molar-refractivity contribution in [2.75, 3.05) is 13.1 Å². The number of carbonyl (C=O) groups excluding carboxylic acids is 1. The van der Waals surface area contributed by atoms with Crippen molar-refractivity contribution in [2.24, 2.45) is 0 Å². The topological polar surface area (TPSA) is 78.9 Å². The van der Waals surface area contributed by atoms with Gasteiger partial charge in [-0.05, 0) is 24.9 Å². The second kappa shape index (κ2) is 9.27. The van der Waals surface area contributed by atoms with Crippen LogP contribution in [0.15, 0.2) is 30.3 Å². The lowest BCUT2D eigenvalue weighted by atomic mass is 9.89. The molecular weight excluding hydrogens is 308 g/mol. The molecule has 0 bridgehead atoms. The molecule has 1 fully saturated rings. The van der Waals surface area contributed by atoms with E-state index in [9.17, 15) is 9.59 Å². The van der Waals surface area contributed by atoms with E-state index in [0.717, 1.165) is 31.2 Å². The summed E-state index contributed by atoms with van der Waals surface area (Å²) < 4.78 is 5.29. The normalized spacial score (nSPS) is 20.6. The van der Waals surface area contributed by atoms with Crippen LogP contribution in [0.2, 0.25) is 0 Å². The highest BCUT2D eigenvalue weighted by atomic mass is 16.5. The number of alkyl carbamates (subject to hydrolysis) is 1. The summed E-state index contributed by atoms with van der Waals surface area (Å²) in [6.45, 7) is 2.83. The number of nitrogens with zero attached hydrogens (tertiary/aromatic N) is 1. The fourth-order valence-corrected chi connectivity index (χ4v) is 3.27. The lowest BCUT2D eigenvalue weighted by molar-refractivity contribution is -0.139. The highest BCUT2D eigenvalue weighted by molar-refractivity contribution is 5.69. The number of nitrogens with one attached hydrogen (secondary N) is 1. The van der Waals surface area contributed by atoms with Gasteiger partial charge in [0, 0.05) is 12.1 Å². The van der Waals surface area contributed by atoms with Crippen LogP contribution in [0, 0.1) is 0 Å². The first-order valence-corrected chi connectivity index (χ1v) is 8.53. The van der Waals surface area contributed by atoms with Gasteiger partial charge in [0.1, 0.15) is 6.61 Å². The Morgan fingerprint density at radius 2 is 1.96 bits per heavy atom. The molecule has 132 valence electrons. The van der Waals surface area contributed by atoms with Gasteiger partial charge in [-0.15, -0.1) is 0 Å². The molecule has 1 aliphatic carbocycles. The lowest BCUT2D eigenvalue weighted by Crippen LogP contribution is -2.54. The molecule has 24 heavy (non-hydrogen) atoms. The van der Waals surface area contributed by atoms with Gasteiger partial charge in [-0.1, -0.05) is 50.1 Å². The van der Waals surface area contributed by atoms with Crippen LogP contribution in [-0.2, 0) is 16.1 Å². The van der Waals surface area contributed by atoms with E-state index in [-0.39, 0.29) is 25.2 Å². The van der Waals surface area contributed by atoms with Crippen molar-refractivity contribution in [1.82, 2.24) is 10.2 Å². The standard InChI is InChI=1S/C18H26N2O4/c1-2-20(12-17(21)22)16-11-7-6-10-15(16)19-18(23)24-13-14-8-4-3-5-9-14/h3-5,8-9,15-16H,2,6-7,10-13H2,1H3,(H,19,23)(H,21,22)/t15-,16+/m0/s1. The molecule has 6 nitrogen and oxygen atoms in total. The van der Waals surface area contributed by atoms with Crippen LogP contribution < -0.4 is 5.32 Å². The van der Waals surface area contributed by atoms with Gasteiger partial charge in [0.05, 0.1) is 6.54 Å². The highest BCUT2D eigenvalue weighted by Crippen LogP contribution is 2.23. The first-order valence-electron chi connectivity index (χ1n) is 8.53. The Morgan fingerprint density at radius 1 is 1.25 bits per heavy atom. The number of amides is 1. The van der Waals surface area contributed by atoms with Crippen LogP contribution in [0.3, 0.4) is 0 Å². The van der Waals surface area contributed by atoms with Crippen LogP contribution in [0.25, 0.3) is 0 Å². The molecule has 0 heterocycles. The molecule has 1 aromatic carbocycles. The Kier molecular flexibility index (Phi) is 7.06. The number of rotatable bonds is 7. The Morgan fingerprint density at radius 3 is 2.62 bits per heavy atom. The Bertz CT molecular complexity index is 535. The van der Waals surface area contributed by atoms with E-state index >= 15 is 0 Å². The van der Waals surface area contributed by atoms with Crippen molar-refractivity contribution in [1.29, 1.82) is 0 Å². The minimum absolute atomic E-state index is 0.00158. The number of carbonyl (C=O) groups is 2. The molecule has 1 aliphatic rings. The minimum atomic E-state index is -0.840. The van der Waals surface area contributed by atoms with Gasteiger partial charge in [-0.2, -0.15) is 0 Å². The number of carboxylic acids is 1. The molecule has 0 aromatic heterocycles. The van der Waals surface area contributed by atoms with Gasteiger partial charge >= 0.3 is 12.1 Å². The van der Waals surface area contributed by atoms with Crippen LogP contribution in [0.5, 0.6) is 0 Å². The predicted molar refractivity (Wildman–Crippen MR) is 90.7 cm³/mol. The van der Waals surface area contributed by atoms with E-state index in [1.54, 1.807) is 0 Å². The maximum absolute atomic E-state index is 12.1. The number of hydrogen-bond donors (Lipinski definition) is 2. The van der Waals surface area contributed by atoms with E-state index in [4.69, 9.17) is 9.84 Å². The zero-order valence-electron chi connectivity index (χ0n) is 14.1. The third-order valence-corrected chi connectivity index (χ3v) is 4.46. The lowest BCUT2D eigenvalue weighted by Gasteiger charge is -2.38. The van der Waals surface area contributed by atoms with Crippen molar-refractivity contribution in [2.45, 2.75) is 51.3 Å². The maximum Gasteiger partial charge on any atom is 0.407 e. The first-order chi connectivity index (χ1) is 11.6. The smallest absolute Gasteiger partial charge is 0.407 e. The van der Waals surface area contributed by atoms with E-state index in [0.29, 0.717) is 6.54 Å². The van der Waals surface area contributed by atoms with Crippen molar-refractivity contribution < 1.29 is 19.4 Å². The Hall–Kier alpha value is -2.08. The second-order valence-corrected chi connectivity index (χ2v) is 6.12. The number of likely N-dealkylation sites (N-methyl/N-ethyl adjacent to an activating group) is 1. The average molecular weight is 334 g/mol. The molecule has 2 atom stereocenters. The highest BCUT2D eigenvalue weighted by Gasteiger charge is 2.31. The zero-order valence-corrected chi connectivity index (χ0v) is 14.1. The monoisotopic (exact) mass is 334 g/mol. The molecule has 1 saturated carbocycles. The fourth-order valence-electron chi connectivity index (χ4n) is 3.27. The largest absolute Gasteiger partial charge is 0.480 e. The molecule has 6 heteroatoms. The number of hydrogen-bond acceptors (Lipinski definition) is 4. The van der Waals surface area contributed by atoms with Crippen molar-refractivity contribution in [3.8, 4) is 0 Å². The van der Waals surface area contributed by atoms with Crippen LogP contribution in [0.4, 0.5) is 4.79 Å². The van der Waals surface area contributed by atoms with E-state index in [2.05, 4.69) is 5.32 Å². The molecule has 0 aliphatic heterocycles. The maximum atomic E-state index is 12.1. The number of carboxylic acid groups (broad SMARTS) is 1. The SMILES string of the molecule is CCN(CC(=O)O)[C@@H]1CCCC[C@@H]1NC(=O)OCc1ccccc1. The Labute approximate surface area is 142 Å². The molecule has 0 radical (unpaired) electrons. The first kappa shape index (κ1) is 18.3. The number of benzene rings is 1. The van der Waals surface area contributed by atoms with Gasteiger partial charge in [0.25, 0.3) is 0 Å². The van der Waals surface area contributed by atoms with Crippen molar-refractivity contribution >= 4 is 12.1 Å². The fraction of sp³-hybridized carbons (Fsp3) is 0.556. The quantitative estimate of drug-likeness (QED) is 0.801. The molecule has 2 N–H and O–H groups in total. The molecule has 0 spiro atoms. The molecule has 0 saturated heterocycles. The predicted octanol–water partition coefficient (Wildman–Crippen LogP) is 2.63. The molecule has 2 rings (SSSR count). The second-order valence-electron chi connectivity index (χ2n) is 6.12. The van der Waals surface area contributed by atoms with Gasteiger partial charge in [0.2, 0.25) is 0 Å². The summed E-state index contributed by atoms with van der Waals surface area (Å²) in [7, 11) is 0.